The molecular weight excluding hydrogens is 422 g/mol. The van der Waals surface area contributed by atoms with Crippen LogP contribution in [0.3, 0.4) is 0 Å². The van der Waals surface area contributed by atoms with Crippen LogP contribution in [0.15, 0.2) is 82.5 Å². The average Bonchev–Trinajstić information content (AvgIpc) is 3.50. The Balaban J connectivity index is 1.35. The van der Waals surface area contributed by atoms with Crippen LogP contribution >= 0.6 is 0 Å². The molecule has 0 fully saturated rings. The van der Waals surface area contributed by atoms with Crippen molar-refractivity contribution < 1.29 is 18.8 Å². The summed E-state index contributed by atoms with van der Waals surface area (Å²) in [5.41, 5.74) is 2.14. The number of nitrogens with zero attached hydrogens (tertiary/aromatic N) is 2. The van der Waals surface area contributed by atoms with Crippen molar-refractivity contribution in [2.24, 2.45) is 5.10 Å². The quantitative estimate of drug-likeness (QED) is 0.512. The zero-order valence-electron chi connectivity index (χ0n) is 17.9. The fraction of sp³-hybridized carbons (Fsp3) is 0.167. The van der Waals surface area contributed by atoms with Crippen molar-refractivity contribution in [1.29, 1.82) is 0 Å². The predicted molar refractivity (Wildman–Crippen MR) is 125 cm³/mol. The maximum Gasteiger partial charge on any atom is 0.319 e. The largest absolute Gasteiger partial charge is 0.467 e. The van der Waals surface area contributed by atoms with E-state index in [4.69, 9.17) is 4.42 Å². The molecular formula is C24H23N5O4. The number of para-hydroxylation sites is 1. The predicted octanol–water partition coefficient (Wildman–Crippen LogP) is 3.76. The van der Waals surface area contributed by atoms with Crippen LogP contribution in [0.1, 0.15) is 19.1 Å². The molecule has 1 aliphatic heterocycles. The lowest BCUT2D eigenvalue weighted by atomic mass is 10.1. The number of Topliss-reactive ketones (excluding diaryl/α,β-unsaturated/α-hetero) is 1. The summed E-state index contributed by atoms with van der Waals surface area (Å²) >= 11 is 0. The Hall–Kier alpha value is -4.40. The molecule has 9 heteroatoms. The van der Waals surface area contributed by atoms with Crippen LogP contribution in [-0.2, 0) is 16.1 Å². The molecule has 4 rings (SSSR count). The number of hydrogen-bond acceptors (Lipinski definition) is 6. The van der Waals surface area contributed by atoms with Gasteiger partial charge in [-0.15, -0.1) is 0 Å². The molecule has 9 nitrogen and oxygen atoms in total. The van der Waals surface area contributed by atoms with Crippen LogP contribution in [0.2, 0.25) is 0 Å². The van der Waals surface area contributed by atoms with Gasteiger partial charge in [0.1, 0.15) is 17.5 Å². The molecule has 0 spiro atoms. The highest BCUT2D eigenvalue weighted by molar-refractivity contribution is 6.44. The highest BCUT2D eigenvalue weighted by atomic mass is 16.3. The molecule has 3 aromatic rings. The molecule has 2 heterocycles. The Labute approximate surface area is 190 Å². The van der Waals surface area contributed by atoms with Crippen molar-refractivity contribution in [2.45, 2.75) is 25.9 Å². The van der Waals surface area contributed by atoms with Gasteiger partial charge in [0.25, 0.3) is 5.91 Å². The number of urea groups is 1. The second-order valence-electron chi connectivity index (χ2n) is 7.48. The van der Waals surface area contributed by atoms with Crippen molar-refractivity contribution in [3.8, 4) is 0 Å². The maximum atomic E-state index is 12.8. The van der Waals surface area contributed by atoms with Gasteiger partial charge in [-0.25, -0.2) is 4.79 Å². The number of carbonyl (C=O) groups is 3. The molecule has 0 bridgehead atoms. The van der Waals surface area contributed by atoms with Crippen molar-refractivity contribution in [3.05, 3.63) is 78.8 Å². The number of benzene rings is 2. The molecule has 0 radical (unpaired) electrons. The van der Waals surface area contributed by atoms with Crippen LogP contribution in [0.25, 0.3) is 0 Å². The lowest BCUT2D eigenvalue weighted by Crippen LogP contribution is -2.33. The Morgan fingerprint density at radius 2 is 1.67 bits per heavy atom. The highest BCUT2D eigenvalue weighted by Crippen LogP contribution is 2.25. The fourth-order valence-electron chi connectivity index (χ4n) is 3.38. The molecule has 1 aliphatic rings. The Morgan fingerprint density at radius 1 is 0.970 bits per heavy atom. The molecule has 3 N–H and O–H groups in total. The van der Waals surface area contributed by atoms with Gasteiger partial charge >= 0.3 is 6.03 Å². The number of carbonyl (C=O) groups excluding carboxylic acids is 3. The van der Waals surface area contributed by atoms with Gasteiger partial charge in [0.2, 0.25) is 0 Å². The number of hydrazone groups is 1. The Morgan fingerprint density at radius 3 is 2.30 bits per heavy atom. The Kier molecular flexibility index (Phi) is 6.49. The van der Waals surface area contributed by atoms with Crippen LogP contribution < -0.4 is 21.0 Å². The second-order valence-corrected chi connectivity index (χ2v) is 7.48. The second kappa shape index (κ2) is 9.82. The number of nitrogens with one attached hydrogen (secondary N) is 3. The lowest BCUT2D eigenvalue weighted by Gasteiger charge is -2.20. The van der Waals surface area contributed by atoms with Crippen molar-refractivity contribution in [3.63, 3.8) is 0 Å². The van der Waals surface area contributed by atoms with E-state index in [2.05, 4.69) is 21.1 Å². The summed E-state index contributed by atoms with van der Waals surface area (Å²) in [6.45, 7) is 1.77. The molecule has 168 valence electrons. The third-order valence-electron chi connectivity index (χ3n) is 5.07. The Bertz CT molecular complexity index is 1160. The van der Waals surface area contributed by atoms with E-state index in [1.807, 2.05) is 30.3 Å². The summed E-state index contributed by atoms with van der Waals surface area (Å²) in [7, 11) is 0. The smallest absolute Gasteiger partial charge is 0.319 e. The minimum atomic E-state index is -0.514. The van der Waals surface area contributed by atoms with Gasteiger partial charge < -0.3 is 20.4 Å². The number of amides is 3. The number of ketones is 1. The van der Waals surface area contributed by atoms with Gasteiger partial charge in [0.05, 0.1) is 18.5 Å². The van der Waals surface area contributed by atoms with E-state index >= 15 is 0 Å². The number of rotatable bonds is 7. The summed E-state index contributed by atoms with van der Waals surface area (Å²) in [5, 5.41) is 14.2. The van der Waals surface area contributed by atoms with E-state index in [0.29, 0.717) is 17.1 Å². The first-order valence-corrected chi connectivity index (χ1v) is 10.4. The van der Waals surface area contributed by atoms with Gasteiger partial charge in [-0.1, -0.05) is 18.2 Å². The van der Waals surface area contributed by atoms with Gasteiger partial charge in [-0.2, -0.15) is 5.10 Å². The van der Waals surface area contributed by atoms with Crippen LogP contribution in [-0.4, -0.2) is 29.5 Å². The van der Waals surface area contributed by atoms with Crippen LogP contribution in [0.4, 0.5) is 21.9 Å². The van der Waals surface area contributed by atoms with E-state index < -0.39 is 6.04 Å². The lowest BCUT2D eigenvalue weighted by molar-refractivity contribution is -0.118. The van der Waals surface area contributed by atoms with Gasteiger partial charge in [-0.3, -0.25) is 14.6 Å². The molecule has 1 atom stereocenters. The minimum absolute atomic E-state index is 0.0637. The normalized spacial score (nSPS) is 15.0. The molecule has 0 aliphatic carbocycles. The minimum Gasteiger partial charge on any atom is -0.467 e. The number of anilines is 3. The van der Waals surface area contributed by atoms with Gasteiger partial charge in [-0.05, 0) is 55.5 Å². The third-order valence-corrected chi connectivity index (χ3v) is 5.07. The average molecular weight is 445 g/mol. The monoisotopic (exact) mass is 445 g/mol. The zero-order chi connectivity index (χ0) is 23.2. The molecule has 0 saturated heterocycles. The highest BCUT2D eigenvalue weighted by Gasteiger charge is 2.34. The van der Waals surface area contributed by atoms with Crippen molar-refractivity contribution >= 4 is 40.5 Å². The van der Waals surface area contributed by atoms with E-state index in [1.165, 1.54) is 6.92 Å². The molecule has 0 saturated carbocycles. The van der Waals surface area contributed by atoms with Crippen molar-refractivity contribution in [1.82, 2.24) is 5.32 Å². The first-order valence-electron chi connectivity index (χ1n) is 10.4. The molecule has 1 aromatic heterocycles. The first kappa shape index (κ1) is 21.8. The summed E-state index contributed by atoms with van der Waals surface area (Å²) in [6.07, 6.45) is 1.77. The molecule has 3 amide bonds. The molecule has 2 aromatic carbocycles. The summed E-state index contributed by atoms with van der Waals surface area (Å²) < 4.78 is 5.17. The van der Waals surface area contributed by atoms with E-state index in [9.17, 15) is 14.4 Å². The topological polar surface area (TPSA) is 116 Å². The zero-order valence-corrected chi connectivity index (χ0v) is 17.9. The molecule has 33 heavy (non-hydrogen) atoms. The van der Waals surface area contributed by atoms with Gasteiger partial charge in [0.15, 0.2) is 5.78 Å². The number of furan rings is 1. The fourth-order valence-corrected chi connectivity index (χ4v) is 3.38. The molecule has 1 unspecified atom stereocenters. The van der Waals surface area contributed by atoms with E-state index in [1.54, 1.807) is 47.7 Å². The van der Waals surface area contributed by atoms with Crippen LogP contribution in [0, 0.1) is 0 Å². The van der Waals surface area contributed by atoms with Crippen molar-refractivity contribution in [2.75, 3.05) is 15.6 Å². The summed E-state index contributed by atoms with van der Waals surface area (Å²) in [5.74, 6) is 0.207. The summed E-state index contributed by atoms with van der Waals surface area (Å²) in [6, 6.07) is 18.6. The van der Waals surface area contributed by atoms with Crippen LogP contribution in [0.5, 0.6) is 0 Å². The van der Waals surface area contributed by atoms with Gasteiger partial charge in [0, 0.05) is 17.8 Å². The standard InChI is InChI=1S/C24H23N5O4/c1-16(30)22-14-21(28-29(22)19-6-3-2-4-7-19)23(31)26-17-9-11-18(12-10-17)27-24(32)25-15-20-8-5-13-33-20/h2-13,22H,14-15H2,1H3,(H,26,31)(H2,25,27,32). The van der Waals surface area contributed by atoms with E-state index in [-0.39, 0.29) is 36.4 Å². The SMILES string of the molecule is CC(=O)C1CC(C(=O)Nc2ccc(NC(=O)NCc3ccco3)cc2)=NN1c1ccccc1. The third kappa shape index (κ3) is 5.45. The number of hydrogen-bond donors (Lipinski definition) is 3. The summed E-state index contributed by atoms with van der Waals surface area (Å²) in [4.78, 5) is 36.9. The maximum absolute atomic E-state index is 12.8. The van der Waals surface area contributed by atoms with E-state index in [0.717, 1.165) is 5.69 Å². The first-order chi connectivity index (χ1) is 16.0.